The van der Waals surface area contributed by atoms with Crippen LogP contribution < -0.4 is 10.6 Å². The average molecular weight is 359 g/mol. The van der Waals surface area contributed by atoms with Gasteiger partial charge < -0.3 is 15.5 Å². The van der Waals surface area contributed by atoms with E-state index in [0.717, 1.165) is 38.3 Å². The molecular formula is C13H18IN3O. The maximum Gasteiger partial charge on any atom is 0.219 e. The van der Waals surface area contributed by atoms with Gasteiger partial charge in [0.15, 0.2) is 0 Å². The maximum atomic E-state index is 11.4. The molecular weight excluding hydrogens is 341 g/mol. The summed E-state index contributed by atoms with van der Waals surface area (Å²) in [6, 6.07) is 6.00. The first kappa shape index (κ1) is 13.5. The summed E-state index contributed by atoms with van der Waals surface area (Å²) in [4.78, 5) is 15.7. The predicted molar refractivity (Wildman–Crippen MR) is 82.7 cm³/mol. The molecule has 5 heteroatoms. The van der Waals surface area contributed by atoms with E-state index in [2.05, 4.69) is 33.6 Å². The number of nitrogens with zero attached hydrogens (tertiary/aromatic N) is 2. The summed E-state index contributed by atoms with van der Waals surface area (Å²) in [7, 11) is 0. The van der Waals surface area contributed by atoms with Crippen molar-refractivity contribution in [1.82, 2.24) is 4.90 Å². The van der Waals surface area contributed by atoms with E-state index in [1.54, 1.807) is 6.92 Å². The van der Waals surface area contributed by atoms with Crippen LogP contribution in [0.1, 0.15) is 13.3 Å². The van der Waals surface area contributed by atoms with Crippen LogP contribution in [-0.4, -0.2) is 37.0 Å². The second kappa shape index (κ2) is 5.77. The van der Waals surface area contributed by atoms with Crippen molar-refractivity contribution in [1.29, 1.82) is 0 Å². The lowest BCUT2D eigenvalue weighted by atomic mass is 10.2. The smallest absolute Gasteiger partial charge is 0.219 e. The number of carbonyl (C=O) groups excluding carboxylic acids is 1. The van der Waals surface area contributed by atoms with Crippen LogP contribution in [-0.2, 0) is 4.79 Å². The third kappa shape index (κ3) is 3.07. The molecule has 1 aromatic rings. The third-order valence-corrected chi connectivity index (χ3v) is 4.12. The molecule has 0 radical (unpaired) electrons. The Bertz CT molecular complexity index is 450. The van der Waals surface area contributed by atoms with Crippen LogP contribution in [0.5, 0.6) is 0 Å². The van der Waals surface area contributed by atoms with Gasteiger partial charge in [-0.3, -0.25) is 4.79 Å². The minimum absolute atomic E-state index is 0.170. The SMILES string of the molecule is CC(=O)N1CCCN(c2ccc(N)cc2I)CC1. The molecule has 1 amide bonds. The van der Waals surface area contributed by atoms with Crippen molar-refractivity contribution in [3.63, 3.8) is 0 Å². The number of hydrogen-bond donors (Lipinski definition) is 1. The van der Waals surface area contributed by atoms with Crippen molar-refractivity contribution < 1.29 is 4.79 Å². The van der Waals surface area contributed by atoms with Gasteiger partial charge in [-0.2, -0.15) is 0 Å². The fraction of sp³-hybridized carbons (Fsp3) is 0.462. The van der Waals surface area contributed by atoms with Gasteiger partial charge >= 0.3 is 0 Å². The summed E-state index contributed by atoms with van der Waals surface area (Å²) in [5.41, 5.74) is 7.79. The number of hydrogen-bond acceptors (Lipinski definition) is 3. The van der Waals surface area contributed by atoms with Gasteiger partial charge in [-0.05, 0) is 47.2 Å². The molecule has 0 unspecified atom stereocenters. The minimum atomic E-state index is 0.170. The summed E-state index contributed by atoms with van der Waals surface area (Å²) in [6.45, 7) is 5.18. The Morgan fingerprint density at radius 1 is 1.28 bits per heavy atom. The summed E-state index contributed by atoms with van der Waals surface area (Å²) in [5, 5.41) is 0. The lowest BCUT2D eigenvalue weighted by Gasteiger charge is -2.24. The van der Waals surface area contributed by atoms with Crippen molar-refractivity contribution in [3.8, 4) is 0 Å². The number of benzene rings is 1. The van der Waals surface area contributed by atoms with Gasteiger partial charge in [0.1, 0.15) is 0 Å². The zero-order valence-corrected chi connectivity index (χ0v) is 12.7. The van der Waals surface area contributed by atoms with E-state index in [1.165, 1.54) is 9.26 Å². The lowest BCUT2D eigenvalue weighted by molar-refractivity contribution is -0.128. The Labute approximate surface area is 121 Å². The molecule has 2 rings (SSSR count). The molecule has 0 atom stereocenters. The van der Waals surface area contributed by atoms with Crippen molar-refractivity contribution in [2.45, 2.75) is 13.3 Å². The monoisotopic (exact) mass is 359 g/mol. The summed E-state index contributed by atoms with van der Waals surface area (Å²) >= 11 is 2.32. The highest BCUT2D eigenvalue weighted by molar-refractivity contribution is 14.1. The van der Waals surface area contributed by atoms with E-state index < -0.39 is 0 Å². The first-order chi connectivity index (χ1) is 8.58. The fourth-order valence-corrected chi connectivity index (χ4v) is 3.13. The molecule has 0 bridgehead atoms. The molecule has 4 nitrogen and oxygen atoms in total. The average Bonchev–Trinajstić information content (AvgIpc) is 2.54. The van der Waals surface area contributed by atoms with Gasteiger partial charge in [0.2, 0.25) is 5.91 Å². The van der Waals surface area contributed by atoms with E-state index in [9.17, 15) is 4.79 Å². The summed E-state index contributed by atoms with van der Waals surface area (Å²) < 4.78 is 1.17. The van der Waals surface area contributed by atoms with Crippen LogP contribution in [0.25, 0.3) is 0 Å². The highest BCUT2D eigenvalue weighted by atomic mass is 127. The van der Waals surface area contributed by atoms with Crippen LogP contribution >= 0.6 is 22.6 Å². The predicted octanol–water partition coefficient (Wildman–Crippen LogP) is 1.93. The second-order valence-electron chi connectivity index (χ2n) is 4.56. The molecule has 0 aromatic heterocycles. The number of nitrogen functional groups attached to an aromatic ring is 1. The van der Waals surface area contributed by atoms with Crippen molar-refractivity contribution in [2.75, 3.05) is 36.8 Å². The third-order valence-electron chi connectivity index (χ3n) is 3.25. The zero-order valence-electron chi connectivity index (χ0n) is 10.5. The Morgan fingerprint density at radius 2 is 2.06 bits per heavy atom. The van der Waals surface area contributed by atoms with E-state index >= 15 is 0 Å². The van der Waals surface area contributed by atoms with Crippen molar-refractivity contribution in [2.24, 2.45) is 0 Å². The molecule has 0 spiro atoms. The highest BCUT2D eigenvalue weighted by Gasteiger charge is 2.18. The van der Waals surface area contributed by atoms with Crippen molar-refractivity contribution in [3.05, 3.63) is 21.8 Å². The second-order valence-corrected chi connectivity index (χ2v) is 5.72. The normalized spacial score (nSPS) is 16.6. The van der Waals surface area contributed by atoms with Crippen LogP contribution in [0.4, 0.5) is 11.4 Å². The topological polar surface area (TPSA) is 49.6 Å². The maximum absolute atomic E-state index is 11.4. The molecule has 0 aliphatic carbocycles. The quantitative estimate of drug-likeness (QED) is 0.616. The van der Waals surface area contributed by atoms with Crippen LogP contribution in [0.2, 0.25) is 0 Å². The van der Waals surface area contributed by atoms with E-state index in [1.807, 2.05) is 17.0 Å². The number of carbonyl (C=O) groups is 1. The van der Waals surface area contributed by atoms with Crippen LogP contribution in [0, 0.1) is 3.57 Å². The number of rotatable bonds is 1. The molecule has 1 heterocycles. The molecule has 1 aliphatic rings. The van der Waals surface area contributed by atoms with E-state index in [-0.39, 0.29) is 5.91 Å². The van der Waals surface area contributed by atoms with Gasteiger partial charge in [-0.25, -0.2) is 0 Å². The minimum Gasteiger partial charge on any atom is -0.399 e. The molecule has 98 valence electrons. The first-order valence-electron chi connectivity index (χ1n) is 6.13. The Balaban J connectivity index is 2.12. The molecule has 0 saturated carbocycles. The zero-order chi connectivity index (χ0) is 13.1. The summed E-state index contributed by atoms with van der Waals surface area (Å²) in [5.74, 6) is 0.170. The Hall–Kier alpha value is -0.980. The molecule has 1 aliphatic heterocycles. The first-order valence-corrected chi connectivity index (χ1v) is 7.21. The van der Waals surface area contributed by atoms with Gasteiger partial charge in [0.05, 0.1) is 5.69 Å². The molecule has 2 N–H and O–H groups in total. The largest absolute Gasteiger partial charge is 0.399 e. The number of amides is 1. The highest BCUT2D eigenvalue weighted by Crippen LogP contribution is 2.25. The van der Waals surface area contributed by atoms with E-state index in [4.69, 9.17) is 5.73 Å². The Morgan fingerprint density at radius 3 is 2.72 bits per heavy atom. The Kier molecular flexibility index (Phi) is 4.31. The van der Waals surface area contributed by atoms with Crippen LogP contribution in [0.15, 0.2) is 18.2 Å². The molecule has 1 aromatic carbocycles. The number of nitrogens with two attached hydrogens (primary N) is 1. The van der Waals surface area contributed by atoms with Gasteiger partial charge in [-0.15, -0.1) is 0 Å². The van der Waals surface area contributed by atoms with Gasteiger partial charge in [0, 0.05) is 42.4 Å². The molecule has 18 heavy (non-hydrogen) atoms. The van der Waals surface area contributed by atoms with Gasteiger partial charge in [0.25, 0.3) is 0 Å². The lowest BCUT2D eigenvalue weighted by Crippen LogP contribution is -2.33. The summed E-state index contributed by atoms with van der Waals surface area (Å²) in [6.07, 6.45) is 1.01. The van der Waals surface area contributed by atoms with Gasteiger partial charge in [-0.1, -0.05) is 0 Å². The molecule has 1 fully saturated rings. The number of halogens is 1. The fourth-order valence-electron chi connectivity index (χ4n) is 2.25. The molecule has 1 saturated heterocycles. The standard InChI is InChI=1S/C13H18IN3O/c1-10(18)16-5-2-6-17(8-7-16)13-4-3-11(15)9-12(13)14/h3-4,9H,2,5-8,15H2,1H3. The van der Waals surface area contributed by atoms with E-state index in [0.29, 0.717) is 0 Å². The van der Waals surface area contributed by atoms with Crippen molar-refractivity contribution >= 4 is 39.9 Å². The van der Waals surface area contributed by atoms with Crippen LogP contribution in [0.3, 0.4) is 0 Å². The number of anilines is 2.